The minimum Gasteiger partial charge on any atom is -0.396 e. The lowest BCUT2D eigenvalue weighted by atomic mass is 10.5. The Morgan fingerprint density at radius 2 is 2.43 bits per heavy atom. The molecule has 0 amide bonds. The molecule has 2 N–H and O–H groups in total. The Labute approximate surface area is 86.0 Å². The quantitative estimate of drug-likeness (QED) is 0.440. The van der Waals surface area contributed by atoms with Crippen molar-refractivity contribution in [3.63, 3.8) is 0 Å². The van der Waals surface area contributed by atoms with Crippen molar-refractivity contribution in [2.75, 3.05) is 24.7 Å². The van der Waals surface area contributed by atoms with Crippen molar-refractivity contribution in [1.29, 1.82) is 0 Å². The van der Waals surface area contributed by atoms with Gasteiger partial charge < -0.3 is 10.4 Å². The van der Waals surface area contributed by atoms with Gasteiger partial charge in [-0.15, -0.1) is 11.8 Å². The van der Waals surface area contributed by atoms with Gasteiger partial charge in [0.25, 0.3) is 0 Å². The van der Waals surface area contributed by atoms with Gasteiger partial charge in [-0.3, -0.25) is 0 Å². The molecular weight excluding hydrogens is 205 g/mol. The average molecular weight is 217 g/mol. The van der Waals surface area contributed by atoms with Crippen LogP contribution >= 0.6 is 11.8 Å². The molecule has 1 aromatic rings. The van der Waals surface area contributed by atoms with E-state index in [0.717, 1.165) is 6.20 Å². The van der Waals surface area contributed by atoms with E-state index in [1.165, 1.54) is 11.8 Å². The molecule has 0 aliphatic carbocycles. The van der Waals surface area contributed by atoms with Crippen LogP contribution in [0.15, 0.2) is 11.2 Å². The van der Waals surface area contributed by atoms with Gasteiger partial charge in [0, 0.05) is 19.4 Å². The van der Waals surface area contributed by atoms with Crippen LogP contribution in [0.2, 0.25) is 0 Å². The molecule has 14 heavy (non-hydrogen) atoms. The van der Waals surface area contributed by atoms with Crippen molar-refractivity contribution in [1.82, 2.24) is 9.97 Å². The summed E-state index contributed by atoms with van der Waals surface area (Å²) < 4.78 is 13.1. The molecule has 0 spiro atoms. The molecule has 0 bridgehead atoms. The first-order valence-electron chi connectivity index (χ1n) is 4.22. The normalized spacial score (nSPS) is 10.2. The van der Waals surface area contributed by atoms with E-state index in [9.17, 15) is 4.39 Å². The number of hydrogen-bond acceptors (Lipinski definition) is 5. The van der Waals surface area contributed by atoms with Crippen LogP contribution in [-0.2, 0) is 0 Å². The van der Waals surface area contributed by atoms with E-state index >= 15 is 0 Å². The third-order valence-electron chi connectivity index (χ3n) is 1.48. The Balaban J connectivity index is 2.64. The molecule has 0 aliphatic heterocycles. The fraction of sp³-hybridized carbons (Fsp3) is 0.500. The minimum atomic E-state index is -0.424. The molecule has 0 saturated heterocycles. The van der Waals surface area contributed by atoms with E-state index < -0.39 is 5.82 Å². The lowest BCUT2D eigenvalue weighted by Crippen LogP contribution is -1.99. The van der Waals surface area contributed by atoms with Crippen LogP contribution in [0.1, 0.15) is 6.42 Å². The van der Waals surface area contributed by atoms with Crippen LogP contribution in [0.3, 0.4) is 0 Å². The van der Waals surface area contributed by atoms with Crippen LogP contribution in [0.5, 0.6) is 0 Å². The molecule has 4 nitrogen and oxygen atoms in total. The Kier molecular flexibility index (Phi) is 4.61. The number of nitrogens with zero attached hydrogens (tertiary/aromatic N) is 2. The van der Waals surface area contributed by atoms with Gasteiger partial charge in [-0.05, 0) is 6.42 Å². The smallest absolute Gasteiger partial charge is 0.223 e. The zero-order valence-electron chi connectivity index (χ0n) is 7.83. The molecule has 0 fully saturated rings. The summed E-state index contributed by atoms with van der Waals surface area (Å²) in [6.07, 6.45) is 1.77. The van der Waals surface area contributed by atoms with Crippen LogP contribution in [0.25, 0.3) is 0 Å². The van der Waals surface area contributed by atoms with Gasteiger partial charge in [0.2, 0.25) is 5.95 Å². The number of aliphatic hydroxyl groups is 1. The monoisotopic (exact) mass is 217 g/mol. The van der Waals surface area contributed by atoms with E-state index in [1.807, 2.05) is 0 Å². The summed E-state index contributed by atoms with van der Waals surface area (Å²) in [7, 11) is 1.68. The summed E-state index contributed by atoms with van der Waals surface area (Å²) in [5.74, 6) is 0.623. The number of halogens is 1. The van der Waals surface area contributed by atoms with E-state index in [-0.39, 0.29) is 6.61 Å². The maximum absolute atomic E-state index is 13.1. The van der Waals surface area contributed by atoms with Gasteiger partial charge in [0.15, 0.2) is 5.82 Å². The third kappa shape index (κ3) is 3.12. The lowest BCUT2D eigenvalue weighted by molar-refractivity contribution is 0.296. The highest BCUT2D eigenvalue weighted by Gasteiger charge is 2.06. The van der Waals surface area contributed by atoms with Gasteiger partial charge in [-0.1, -0.05) is 0 Å². The molecular formula is C8H12FN3OS. The van der Waals surface area contributed by atoms with E-state index in [0.29, 0.717) is 23.1 Å². The molecule has 0 radical (unpaired) electrons. The number of thioether (sulfide) groups is 1. The van der Waals surface area contributed by atoms with Crippen molar-refractivity contribution in [3.05, 3.63) is 12.0 Å². The molecule has 6 heteroatoms. The summed E-state index contributed by atoms with van der Waals surface area (Å²) >= 11 is 1.28. The standard InChI is InChI=1S/C8H12FN3OS/c1-10-8-11-5-6(9)7(12-8)14-4-2-3-13/h5,13H,2-4H2,1H3,(H,10,11,12). The summed E-state index contributed by atoms with van der Waals surface area (Å²) in [6, 6.07) is 0. The Bertz CT molecular complexity index is 298. The molecule has 0 atom stereocenters. The first kappa shape index (κ1) is 11.2. The first-order valence-corrected chi connectivity index (χ1v) is 5.20. The Morgan fingerprint density at radius 1 is 1.64 bits per heavy atom. The highest BCUT2D eigenvalue weighted by molar-refractivity contribution is 7.99. The molecule has 1 rings (SSSR count). The Morgan fingerprint density at radius 3 is 3.07 bits per heavy atom. The number of aromatic nitrogens is 2. The highest BCUT2D eigenvalue weighted by Crippen LogP contribution is 2.20. The van der Waals surface area contributed by atoms with Gasteiger partial charge in [-0.25, -0.2) is 14.4 Å². The van der Waals surface area contributed by atoms with Gasteiger partial charge in [-0.2, -0.15) is 0 Å². The van der Waals surface area contributed by atoms with Gasteiger partial charge in [0.1, 0.15) is 5.03 Å². The molecule has 0 aliphatic rings. The second kappa shape index (κ2) is 5.77. The minimum absolute atomic E-state index is 0.110. The Hall–Kier alpha value is -0.880. The van der Waals surface area contributed by atoms with Crippen LogP contribution in [0, 0.1) is 5.82 Å². The molecule has 0 saturated carbocycles. The molecule has 1 aromatic heterocycles. The van der Waals surface area contributed by atoms with Crippen molar-refractivity contribution in [2.24, 2.45) is 0 Å². The summed E-state index contributed by atoms with van der Waals surface area (Å²) in [5.41, 5.74) is 0. The predicted octanol–water partition coefficient (Wildman–Crippen LogP) is 1.13. The van der Waals surface area contributed by atoms with Crippen molar-refractivity contribution < 1.29 is 9.50 Å². The second-order valence-electron chi connectivity index (χ2n) is 2.52. The molecule has 0 aromatic carbocycles. The number of hydrogen-bond donors (Lipinski definition) is 2. The first-order chi connectivity index (χ1) is 6.77. The van der Waals surface area contributed by atoms with E-state index in [4.69, 9.17) is 5.11 Å². The van der Waals surface area contributed by atoms with Crippen LogP contribution < -0.4 is 5.32 Å². The molecule has 1 heterocycles. The zero-order valence-corrected chi connectivity index (χ0v) is 8.64. The highest BCUT2D eigenvalue weighted by atomic mass is 32.2. The third-order valence-corrected chi connectivity index (χ3v) is 2.53. The van der Waals surface area contributed by atoms with Crippen molar-refractivity contribution in [2.45, 2.75) is 11.4 Å². The number of anilines is 1. The van der Waals surface area contributed by atoms with Crippen LogP contribution in [0.4, 0.5) is 10.3 Å². The number of aliphatic hydroxyl groups excluding tert-OH is 1. The summed E-state index contributed by atoms with van der Waals surface area (Å²) in [5, 5.41) is 11.6. The van der Waals surface area contributed by atoms with E-state index in [2.05, 4.69) is 15.3 Å². The molecule has 0 unspecified atom stereocenters. The maximum Gasteiger partial charge on any atom is 0.223 e. The van der Waals surface area contributed by atoms with Crippen molar-refractivity contribution >= 4 is 17.7 Å². The van der Waals surface area contributed by atoms with Crippen LogP contribution in [-0.4, -0.2) is 34.5 Å². The maximum atomic E-state index is 13.1. The lowest BCUT2D eigenvalue weighted by Gasteiger charge is -2.03. The van der Waals surface area contributed by atoms with Gasteiger partial charge in [0.05, 0.1) is 6.20 Å². The average Bonchev–Trinajstić information content (AvgIpc) is 2.21. The number of nitrogens with one attached hydrogen (secondary N) is 1. The number of rotatable bonds is 5. The fourth-order valence-electron chi connectivity index (χ4n) is 0.807. The summed E-state index contributed by atoms with van der Waals surface area (Å²) in [4.78, 5) is 7.67. The second-order valence-corrected chi connectivity index (χ2v) is 3.61. The topological polar surface area (TPSA) is 58.0 Å². The summed E-state index contributed by atoms with van der Waals surface area (Å²) in [6.45, 7) is 0.110. The van der Waals surface area contributed by atoms with Gasteiger partial charge >= 0.3 is 0 Å². The van der Waals surface area contributed by atoms with Crippen molar-refractivity contribution in [3.8, 4) is 0 Å². The largest absolute Gasteiger partial charge is 0.396 e. The zero-order chi connectivity index (χ0) is 10.4. The molecule has 78 valence electrons. The fourth-order valence-corrected chi connectivity index (χ4v) is 1.61. The SMILES string of the molecule is CNc1ncc(F)c(SCCCO)n1. The van der Waals surface area contributed by atoms with E-state index in [1.54, 1.807) is 7.05 Å². The predicted molar refractivity (Wildman–Crippen MR) is 54.0 cm³/mol.